The molecular weight excluding hydrogens is 573 g/mol. The lowest BCUT2D eigenvalue weighted by molar-refractivity contribution is -0.140. The predicted octanol–water partition coefficient (Wildman–Crippen LogP) is 4.52. The second-order valence-corrected chi connectivity index (χ2v) is 12.1. The van der Waals surface area contributed by atoms with E-state index in [9.17, 15) is 22.4 Å². The summed E-state index contributed by atoms with van der Waals surface area (Å²) in [6, 6.07) is 20.8. The van der Waals surface area contributed by atoms with E-state index in [0.717, 1.165) is 32.2 Å². The first-order valence-electron chi connectivity index (χ1n) is 12.1. The molecule has 0 spiro atoms. The normalized spacial score (nSPS) is 12.2. The number of benzene rings is 3. The largest absolute Gasteiger partial charge is 0.352 e. The highest BCUT2D eigenvalue weighted by Gasteiger charge is 2.33. The Balaban J connectivity index is 2.06. The zero-order valence-electron chi connectivity index (χ0n) is 21.5. The molecule has 1 atom stereocenters. The standard InChI is InChI=1S/C28H31BrFN3O4S/c1-20(2)31-28(35)26(17-21-9-5-4-6-10-21)32(18-22-13-15-23(29)16-14-22)27(34)19-33(38(3,36)37)25-12-8-7-11-24(25)30/h4-16,20,26H,17-19H2,1-3H3,(H,31,35)/t26-/m1/s1. The topological polar surface area (TPSA) is 86.8 Å². The second-order valence-electron chi connectivity index (χ2n) is 9.24. The van der Waals surface area contributed by atoms with Gasteiger partial charge in [0.1, 0.15) is 18.4 Å². The highest BCUT2D eigenvalue weighted by atomic mass is 79.9. The molecule has 0 aromatic heterocycles. The third-order valence-corrected chi connectivity index (χ3v) is 7.42. The highest BCUT2D eigenvalue weighted by Crippen LogP contribution is 2.23. The molecule has 0 aliphatic heterocycles. The summed E-state index contributed by atoms with van der Waals surface area (Å²) < 4.78 is 41.6. The summed E-state index contributed by atoms with van der Waals surface area (Å²) in [4.78, 5) is 28.7. The Kier molecular flexibility index (Phi) is 10.0. The van der Waals surface area contributed by atoms with Crippen LogP contribution in [0.4, 0.5) is 10.1 Å². The Morgan fingerprint density at radius 3 is 2.11 bits per heavy atom. The molecule has 1 N–H and O–H groups in total. The predicted molar refractivity (Wildman–Crippen MR) is 150 cm³/mol. The van der Waals surface area contributed by atoms with Crippen LogP contribution in [0.1, 0.15) is 25.0 Å². The minimum atomic E-state index is -4.03. The van der Waals surface area contributed by atoms with E-state index < -0.39 is 34.3 Å². The quantitative estimate of drug-likeness (QED) is 0.349. The highest BCUT2D eigenvalue weighted by molar-refractivity contribution is 9.10. The number of anilines is 1. The van der Waals surface area contributed by atoms with Gasteiger partial charge in [0.2, 0.25) is 21.8 Å². The van der Waals surface area contributed by atoms with Crippen molar-refractivity contribution in [1.29, 1.82) is 0 Å². The summed E-state index contributed by atoms with van der Waals surface area (Å²) in [5.41, 5.74) is 1.34. The van der Waals surface area contributed by atoms with Crippen LogP contribution in [-0.2, 0) is 32.6 Å². The molecule has 202 valence electrons. The Bertz CT molecular complexity index is 1350. The smallest absolute Gasteiger partial charge is 0.244 e. The van der Waals surface area contributed by atoms with Gasteiger partial charge in [-0.1, -0.05) is 70.5 Å². The second kappa shape index (κ2) is 13.0. The number of hydrogen-bond acceptors (Lipinski definition) is 4. The number of carbonyl (C=O) groups is 2. The first-order valence-corrected chi connectivity index (χ1v) is 14.7. The Morgan fingerprint density at radius 2 is 1.53 bits per heavy atom. The van der Waals surface area contributed by atoms with E-state index in [2.05, 4.69) is 21.2 Å². The van der Waals surface area contributed by atoms with E-state index in [1.54, 1.807) is 0 Å². The molecule has 2 amide bonds. The van der Waals surface area contributed by atoms with Crippen molar-refractivity contribution in [2.75, 3.05) is 17.1 Å². The number of halogens is 2. The summed E-state index contributed by atoms with van der Waals surface area (Å²) >= 11 is 3.40. The average molecular weight is 605 g/mol. The fraction of sp³-hybridized carbons (Fsp3) is 0.286. The molecule has 0 aliphatic rings. The molecule has 38 heavy (non-hydrogen) atoms. The molecule has 0 radical (unpaired) electrons. The van der Waals surface area contributed by atoms with Crippen LogP contribution in [0.3, 0.4) is 0 Å². The van der Waals surface area contributed by atoms with Crippen molar-refractivity contribution < 1.29 is 22.4 Å². The van der Waals surface area contributed by atoms with Crippen molar-refractivity contribution in [2.24, 2.45) is 0 Å². The lowest BCUT2D eigenvalue weighted by Crippen LogP contribution is -2.54. The van der Waals surface area contributed by atoms with E-state index in [1.165, 1.54) is 23.1 Å². The molecule has 0 saturated carbocycles. The number of carbonyl (C=O) groups excluding carboxylic acids is 2. The lowest BCUT2D eigenvalue weighted by Gasteiger charge is -2.34. The Hall–Kier alpha value is -3.24. The first kappa shape index (κ1) is 29.3. The maximum Gasteiger partial charge on any atom is 0.244 e. The monoisotopic (exact) mass is 603 g/mol. The van der Waals surface area contributed by atoms with Gasteiger partial charge in [-0.15, -0.1) is 0 Å². The summed E-state index contributed by atoms with van der Waals surface area (Å²) in [6.07, 6.45) is 1.12. The van der Waals surface area contributed by atoms with Crippen LogP contribution in [-0.4, -0.2) is 50.0 Å². The van der Waals surface area contributed by atoms with Crippen LogP contribution in [0.2, 0.25) is 0 Å². The van der Waals surface area contributed by atoms with Gasteiger partial charge in [0.25, 0.3) is 0 Å². The molecular formula is C28H31BrFN3O4S. The Labute approximate surface area is 231 Å². The van der Waals surface area contributed by atoms with E-state index in [0.29, 0.717) is 0 Å². The molecule has 3 aromatic carbocycles. The lowest BCUT2D eigenvalue weighted by atomic mass is 10.0. The van der Waals surface area contributed by atoms with Crippen LogP contribution in [0.15, 0.2) is 83.3 Å². The fourth-order valence-corrected chi connectivity index (χ4v) is 5.08. The van der Waals surface area contributed by atoms with Crippen molar-refractivity contribution in [2.45, 2.75) is 38.9 Å². The van der Waals surface area contributed by atoms with Crippen LogP contribution in [0.5, 0.6) is 0 Å². The molecule has 3 aromatic rings. The van der Waals surface area contributed by atoms with Crippen LogP contribution < -0.4 is 9.62 Å². The number of sulfonamides is 1. The van der Waals surface area contributed by atoms with Crippen LogP contribution in [0.25, 0.3) is 0 Å². The molecule has 7 nitrogen and oxygen atoms in total. The average Bonchev–Trinajstić information content (AvgIpc) is 2.85. The molecule has 0 bridgehead atoms. The maximum atomic E-state index is 14.6. The summed E-state index contributed by atoms with van der Waals surface area (Å²) in [7, 11) is -4.03. The van der Waals surface area contributed by atoms with E-state index in [-0.39, 0.29) is 30.6 Å². The molecule has 0 unspecified atom stereocenters. The zero-order chi connectivity index (χ0) is 27.9. The molecule has 0 aliphatic carbocycles. The van der Waals surface area contributed by atoms with Crippen molar-refractivity contribution >= 4 is 43.5 Å². The van der Waals surface area contributed by atoms with Crippen molar-refractivity contribution in [3.63, 3.8) is 0 Å². The van der Waals surface area contributed by atoms with Crippen molar-refractivity contribution in [3.8, 4) is 0 Å². The van der Waals surface area contributed by atoms with E-state index >= 15 is 0 Å². The van der Waals surface area contributed by atoms with Gasteiger partial charge in [0, 0.05) is 23.5 Å². The van der Waals surface area contributed by atoms with Gasteiger partial charge in [-0.3, -0.25) is 13.9 Å². The van der Waals surface area contributed by atoms with E-state index in [1.807, 2.05) is 68.4 Å². The maximum absolute atomic E-state index is 14.6. The van der Waals surface area contributed by atoms with Gasteiger partial charge >= 0.3 is 0 Å². The minimum Gasteiger partial charge on any atom is -0.352 e. The molecule has 0 heterocycles. The fourth-order valence-electron chi connectivity index (χ4n) is 3.97. The molecule has 0 saturated heterocycles. The van der Waals surface area contributed by atoms with Crippen molar-refractivity contribution in [1.82, 2.24) is 10.2 Å². The third kappa shape index (κ3) is 8.13. The molecule has 10 heteroatoms. The summed E-state index contributed by atoms with van der Waals surface area (Å²) in [6.45, 7) is 3.02. The number of hydrogen-bond donors (Lipinski definition) is 1. The van der Waals surface area contributed by atoms with Gasteiger partial charge in [0.15, 0.2) is 0 Å². The van der Waals surface area contributed by atoms with Crippen LogP contribution in [0, 0.1) is 5.82 Å². The number of para-hydroxylation sites is 1. The number of amides is 2. The van der Waals surface area contributed by atoms with Crippen molar-refractivity contribution in [3.05, 3.63) is 100 Å². The number of nitrogens with zero attached hydrogens (tertiary/aromatic N) is 2. The van der Waals surface area contributed by atoms with Gasteiger partial charge in [-0.2, -0.15) is 0 Å². The van der Waals surface area contributed by atoms with Crippen LogP contribution >= 0.6 is 15.9 Å². The third-order valence-electron chi connectivity index (χ3n) is 5.77. The molecule has 3 rings (SSSR count). The Morgan fingerprint density at radius 1 is 0.921 bits per heavy atom. The summed E-state index contributed by atoms with van der Waals surface area (Å²) in [5, 5.41) is 2.89. The summed E-state index contributed by atoms with van der Waals surface area (Å²) in [5.74, 6) is -1.78. The van der Waals surface area contributed by atoms with Gasteiger partial charge in [0.05, 0.1) is 11.9 Å². The van der Waals surface area contributed by atoms with Gasteiger partial charge in [-0.25, -0.2) is 12.8 Å². The van der Waals surface area contributed by atoms with Gasteiger partial charge in [-0.05, 0) is 49.2 Å². The zero-order valence-corrected chi connectivity index (χ0v) is 23.9. The SMILES string of the molecule is CC(C)NC(=O)[C@@H](Cc1ccccc1)N(Cc1ccc(Br)cc1)C(=O)CN(c1ccccc1F)S(C)(=O)=O. The first-order chi connectivity index (χ1) is 18.0. The minimum absolute atomic E-state index is 0.0456. The molecule has 0 fully saturated rings. The number of rotatable bonds is 11. The number of nitrogens with one attached hydrogen (secondary N) is 1. The van der Waals surface area contributed by atoms with Gasteiger partial charge < -0.3 is 10.2 Å². The van der Waals surface area contributed by atoms with E-state index in [4.69, 9.17) is 0 Å².